The van der Waals surface area contributed by atoms with Gasteiger partial charge in [0.1, 0.15) is 11.4 Å². The van der Waals surface area contributed by atoms with E-state index in [1.54, 1.807) is 6.92 Å². The third-order valence-electron chi connectivity index (χ3n) is 3.84. The van der Waals surface area contributed by atoms with Crippen LogP contribution in [0.4, 0.5) is 5.69 Å². The van der Waals surface area contributed by atoms with Crippen LogP contribution in [-0.4, -0.2) is 30.3 Å². The minimum Gasteiger partial charge on any atom is -0.380 e. The first kappa shape index (κ1) is 11.7. The molecule has 0 aliphatic carbocycles. The van der Waals surface area contributed by atoms with Crippen LogP contribution in [0, 0.1) is 0 Å². The summed E-state index contributed by atoms with van der Waals surface area (Å²) >= 11 is 0. The summed E-state index contributed by atoms with van der Waals surface area (Å²) in [6, 6.07) is 7.81. The lowest BCUT2D eigenvalue weighted by Gasteiger charge is -2.28. The van der Waals surface area contributed by atoms with Gasteiger partial charge >= 0.3 is 0 Å². The fourth-order valence-corrected chi connectivity index (χ4v) is 2.94. The van der Waals surface area contributed by atoms with Gasteiger partial charge in [0.05, 0.1) is 6.61 Å². The van der Waals surface area contributed by atoms with E-state index in [1.165, 1.54) is 0 Å². The molecule has 1 fully saturated rings. The molecule has 1 aromatic rings. The summed E-state index contributed by atoms with van der Waals surface area (Å²) < 4.78 is 5.67. The summed E-state index contributed by atoms with van der Waals surface area (Å²) in [7, 11) is 0. The molecule has 4 nitrogen and oxygen atoms in total. The molecule has 0 aromatic heterocycles. The number of hydrogen-bond donors (Lipinski definition) is 1. The zero-order chi connectivity index (χ0) is 12.8. The van der Waals surface area contributed by atoms with Gasteiger partial charge in [-0.2, -0.15) is 0 Å². The highest BCUT2D eigenvalue weighted by Gasteiger charge is 2.53. The molecule has 0 radical (unpaired) electrons. The second-order valence-corrected chi connectivity index (χ2v) is 5.06. The van der Waals surface area contributed by atoms with E-state index in [0.29, 0.717) is 26.0 Å². The zero-order valence-corrected chi connectivity index (χ0v) is 10.4. The molecule has 96 valence electrons. The monoisotopic (exact) mass is 247 g/mol. The zero-order valence-electron chi connectivity index (χ0n) is 10.4. The number of nitrogens with zero attached hydrogens (tertiary/aromatic N) is 1. The van der Waals surface area contributed by atoms with E-state index in [-0.39, 0.29) is 12.0 Å². The second kappa shape index (κ2) is 4.07. The Morgan fingerprint density at radius 3 is 3.11 bits per heavy atom. The van der Waals surface area contributed by atoms with Crippen molar-refractivity contribution in [2.45, 2.75) is 31.6 Å². The SMILES string of the molecule is CC(=O)CCN1c2ccccc2[C@]2(O)CCO[C@H]12. The summed E-state index contributed by atoms with van der Waals surface area (Å²) in [5, 5.41) is 10.8. The highest BCUT2D eigenvalue weighted by molar-refractivity contribution is 5.76. The summed E-state index contributed by atoms with van der Waals surface area (Å²) in [5.41, 5.74) is 1.01. The minimum atomic E-state index is -0.909. The van der Waals surface area contributed by atoms with E-state index < -0.39 is 5.60 Å². The van der Waals surface area contributed by atoms with Gasteiger partial charge in [0, 0.05) is 30.6 Å². The fraction of sp³-hybridized carbons (Fsp3) is 0.500. The number of ketones is 1. The number of carbonyl (C=O) groups is 1. The van der Waals surface area contributed by atoms with Crippen LogP contribution in [0.2, 0.25) is 0 Å². The van der Waals surface area contributed by atoms with Crippen molar-refractivity contribution in [1.29, 1.82) is 0 Å². The van der Waals surface area contributed by atoms with E-state index in [1.807, 2.05) is 29.2 Å². The number of ether oxygens (including phenoxy) is 1. The maximum atomic E-state index is 11.2. The van der Waals surface area contributed by atoms with Crippen LogP contribution < -0.4 is 4.90 Å². The van der Waals surface area contributed by atoms with Crippen molar-refractivity contribution in [3.05, 3.63) is 29.8 Å². The molecule has 2 aliphatic rings. The number of rotatable bonds is 3. The number of aliphatic hydroxyl groups is 1. The Morgan fingerprint density at radius 2 is 2.33 bits per heavy atom. The predicted octanol–water partition coefficient (Wildman–Crippen LogP) is 1.42. The Bertz CT molecular complexity index is 488. The van der Waals surface area contributed by atoms with Crippen LogP contribution in [-0.2, 0) is 15.1 Å². The van der Waals surface area contributed by atoms with Crippen LogP contribution in [0.25, 0.3) is 0 Å². The molecule has 0 spiro atoms. The Balaban J connectivity index is 1.97. The minimum absolute atomic E-state index is 0.154. The van der Waals surface area contributed by atoms with Crippen molar-refractivity contribution in [3.8, 4) is 0 Å². The van der Waals surface area contributed by atoms with Crippen molar-refractivity contribution >= 4 is 11.5 Å². The summed E-state index contributed by atoms with van der Waals surface area (Å²) in [6.07, 6.45) is 0.754. The van der Waals surface area contributed by atoms with Gasteiger partial charge in [-0.25, -0.2) is 0 Å². The van der Waals surface area contributed by atoms with Crippen LogP contribution >= 0.6 is 0 Å². The lowest BCUT2D eigenvalue weighted by atomic mass is 9.93. The van der Waals surface area contributed by atoms with Gasteiger partial charge < -0.3 is 14.7 Å². The summed E-state index contributed by atoms with van der Waals surface area (Å²) in [6.45, 7) is 2.75. The largest absolute Gasteiger partial charge is 0.380 e. The molecule has 0 saturated carbocycles. The molecular formula is C14H17NO3. The molecule has 1 saturated heterocycles. The number of carbonyl (C=O) groups excluding carboxylic acids is 1. The third-order valence-corrected chi connectivity index (χ3v) is 3.84. The topological polar surface area (TPSA) is 49.8 Å². The lowest BCUT2D eigenvalue weighted by Crippen LogP contribution is -2.42. The molecule has 2 heterocycles. The number of para-hydroxylation sites is 1. The quantitative estimate of drug-likeness (QED) is 0.877. The number of hydrogen-bond acceptors (Lipinski definition) is 4. The molecule has 4 heteroatoms. The molecule has 0 bridgehead atoms. The van der Waals surface area contributed by atoms with Gasteiger partial charge in [-0.05, 0) is 13.0 Å². The average molecular weight is 247 g/mol. The maximum Gasteiger partial charge on any atom is 0.163 e. The fourth-order valence-electron chi connectivity index (χ4n) is 2.94. The average Bonchev–Trinajstić information content (AvgIpc) is 2.82. The number of benzene rings is 1. The molecule has 0 amide bonds. The van der Waals surface area contributed by atoms with Gasteiger partial charge in [0.25, 0.3) is 0 Å². The maximum absolute atomic E-state index is 11.2. The van der Waals surface area contributed by atoms with Crippen LogP contribution in [0.1, 0.15) is 25.3 Å². The first-order valence-corrected chi connectivity index (χ1v) is 6.32. The van der Waals surface area contributed by atoms with Gasteiger partial charge in [-0.1, -0.05) is 18.2 Å². The highest BCUT2D eigenvalue weighted by atomic mass is 16.5. The van der Waals surface area contributed by atoms with Crippen LogP contribution in [0.5, 0.6) is 0 Å². The number of Topliss-reactive ketones (excluding diaryl/α,β-unsaturated/α-hetero) is 1. The molecular weight excluding hydrogens is 230 g/mol. The molecule has 18 heavy (non-hydrogen) atoms. The lowest BCUT2D eigenvalue weighted by molar-refractivity contribution is -0.117. The van der Waals surface area contributed by atoms with Crippen molar-refractivity contribution < 1.29 is 14.6 Å². The van der Waals surface area contributed by atoms with Gasteiger partial charge in [0.2, 0.25) is 0 Å². The molecule has 2 atom stereocenters. The molecule has 0 unspecified atom stereocenters. The number of fused-ring (bicyclic) bond motifs is 3. The van der Waals surface area contributed by atoms with Crippen molar-refractivity contribution in [3.63, 3.8) is 0 Å². The second-order valence-electron chi connectivity index (χ2n) is 5.06. The van der Waals surface area contributed by atoms with E-state index in [4.69, 9.17) is 4.74 Å². The van der Waals surface area contributed by atoms with Crippen LogP contribution in [0.15, 0.2) is 24.3 Å². The van der Waals surface area contributed by atoms with Crippen LogP contribution in [0.3, 0.4) is 0 Å². The van der Waals surface area contributed by atoms with E-state index in [9.17, 15) is 9.90 Å². The molecule has 3 rings (SSSR count). The third kappa shape index (κ3) is 1.56. The first-order chi connectivity index (χ1) is 8.63. The van der Waals surface area contributed by atoms with Gasteiger partial charge in [-0.3, -0.25) is 4.79 Å². The standard InChI is InChI=1S/C14H17NO3/c1-10(16)6-8-15-12-5-3-2-4-11(12)14(17)7-9-18-13(14)15/h2-5,13,17H,6-9H2,1H3/t13-,14+/m0/s1. The smallest absolute Gasteiger partial charge is 0.163 e. The van der Waals surface area contributed by atoms with E-state index >= 15 is 0 Å². The molecule has 1 N–H and O–H groups in total. The Kier molecular flexibility index (Phi) is 2.64. The van der Waals surface area contributed by atoms with Gasteiger partial charge in [0.15, 0.2) is 6.23 Å². The summed E-state index contributed by atoms with van der Waals surface area (Å²) in [4.78, 5) is 13.2. The first-order valence-electron chi connectivity index (χ1n) is 6.32. The Hall–Kier alpha value is -1.39. The molecule has 2 aliphatic heterocycles. The number of anilines is 1. The van der Waals surface area contributed by atoms with Crippen molar-refractivity contribution in [2.24, 2.45) is 0 Å². The van der Waals surface area contributed by atoms with Gasteiger partial charge in [-0.15, -0.1) is 0 Å². The van der Waals surface area contributed by atoms with E-state index in [2.05, 4.69) is 0 Å². The van der Waals surface area contributed by atoms with Crippen molar-refractivity contribution in [1.82, 2.24) is 0 Å². The van der Waals surface area contributed by atoms with E-state index in [0.717, 1.165) is 11.3 Å². The Labute approximate surface area is 106 Å². The predicted molar refractivity (Wildman–Crippen MR) is 67.3 cm³/mol. The normalized spacial score (nSPS) is 29.2. The Morgan fingerprint density at radius 1 is 1.56 bits per heavy atom. The summed E-state index contributed by atoms with van der Waals surface area (Å²) in [5.74, 6) is 0.154. The highest BCUT2D eigenvalue weighted by Crippen LogP contribution is 2.49. The van der Waals surface area contributed by atoms with Crippen molar-refractivity contribution in [2.75, 3.05) is 18.1 Å². The molecule has 1 aromatic carbocycles.